The van der Waals surface area contributed by atoms with Gasteiger partial charge in [0, 0.05) is 5.56 Å². The van der Waals surface area contributed by atoms with Gasteiger partial charge in [-0.15, -0.1) is 0 Å². The Morgan fingerprint density at radius 3 is 2.29 bits per heavy atom. The molecule has 3 rings (SSSR count). The number of ether oxygens (including phenoxy) is 2. The zero-order chi connectivity index (χ0) is 25.6. The smallest absolute Gasteiger partial charge is 0.264 e. The van der Waals surface area contributed by atoms with Gasteiger partial charge in [0.15, 0.2) is 11.5 Å². The summed E-state index contributed by atoms with van der Waals surface area (Å²) in [7, 11) is -1.22. The van der Waals surface area contributed by atoms with Crippen molar-refractivity contribution in [3.63, 3.8) is 0 Å². The first-order valence-corrected chi connectivity index (χ1v) is 12.0. The maximum Gasteiger partial charge on any atom is 0.264 e. The highest BCUT2D eigenvalue weighted by atomic mass is 32.2. The van der Waals surface area contributed by atoms with Crippen LogP contribution in [0.25, 0.3) is 0 Å². The molecule has 3 aromatic carbocycles. The number of hydrogen-bond acceptors (Lipinski definition) is 6. The standard InChI is InChI=1S/C25H26FN3O5S/c1-17-9-12-20(13-10-17)35(31,32)29(22-8-6-5-7-21(22)26)16-25(30)28-27-18(2)19-11-14-23(33-3)24(15-19)34-4/h5-15H,16H2,1-4H3,(H,28,30)/b27-18-. The maximum absolute atomic E-state index is 14.6. The van der Waals surface area contributed by atoms with Gasteiger partial charge in [0.05, 0.1) is 30.5 Å². The van der Waals surface area contributed by atoms with E-state index in [0.29, 0.717) is 22.8 Å². The highest BCUT2D eigenvalue weighted by Crippen LogP contribution is 2.28. The van der Waals surface area contributed by atoms with E-state index in [-0.39, 0.29) is 10.6 Å². The Hall–Kier alpha value is -3.92. The maximum atomic E-state index is 14.6. The molecule has 184 valence electrons. The van der Waals surface area contributed by atoms with Crippen LogP contribution in [0.1, 0.15) is 18.1 Å². The number of nitrogens with one attached hydrogen (secondary N) is 1. The van der Waals surface area contributed by atoms with Crippen LogP contribution >= 0.6 is 0 Å². The molecular formula is C25H26FN3O5S. The van der Waals surface area contributed by atoms with Crippen LogP contribution in [0.5, 0.6) is 11.5 Å². The first-order chi connectivity index (χ1) is 16.7. The number of rotatable bonds is 9. The first kappa shape index (κ1) is 25.7. The van der Waals surface area contributed by atoms with Crippen molar-refractivity contribution in [3.8, 4) is 11.5 Å². The second-order valence-electron chi connectivity index (χ2n) is 7.58. The molecule has 10 heteroatoms. The molecule has 0 atom stereocenters. The van der Waals surface area contributed by atoms with Gasteiger partial charge in [-0.05, 0) is 56.3 Å². The lowest BCUT2D eigenvalue weighted by atomic mass is 10.1. The van der Waals surface area contributed by atoms with Gasteiger partial charge in [-0.3, -0.25) is 9.10 Å². The molecule has 0 saturated heterocycles. The fourth-order valence-electron chi connectivity index (χ4n) is 3.23. The van der Waals surface area contributed by atoms with Gasteiger partial charge in [0.1, 0.15) is 12.4 Å². The number of methoxy groups -OCH3 is 2. The van der Waals surface area contributed by atoms with Crippen LogP contribution < -0.4 is 19.2 Å². The number of nitrogens with zero attached hydrogens (tertiary/aromatic N) is 2. The fourth-order valence-corrected chi connectivity index (χ4v) is 4.66. The van der Waals surface area contributed by atoms with E-state index >= 15 is 0 Å². The molecule has 1 N–H and O–H groups in total. The molecule has 0 fully saturated rings. The zero-order valence-corrected chi connectivity index (χ0v) is 20.6. The second-order valence-corrected chi connectivity index (χ2v) is 9.44. The number of amides is 1. The number of benzene rings is 3. The minimum absolute atomic E-state index is 0.0656. The van der Waals surface area contributed by atoms with Gasteiger partial charge < -0.3 is 9.47 Å². The Bertz CT molecular complexity index is 1340. The summed E-state index contributed by atoms with van der Waals surface area (Å²) in [6.07, 6.45) is 0. The monoisotopic (exact) mass is 499 g/mol. The van der Waals surface area contributed by atoms with Crippen LogP contribution in [0.3, 0.4) is 0 Å². The van der Waals surface area contributed by atoms with Crippen molar-refractivity contribution in [2.75, 3.05) is 25.1 Å². The van der Waals surface area contributed by atoms with Crippen molar-refractivity contribution in [3.05, 3.63) is 83.7 Å². The van der Waals surface area contributed by atoms with Crippen molar-refractivity contribution in [2.45, 2.75) is 18.7 Å². The third-order valence-electron chi connectivity index (χ3n) is 5.17. The van der Waals surface area contributed by atoms with E-state index in [1.54, 1.807) is 37.3 Å². The minimum atomic E-state index is -4.24. The number of anilines is 1. The number of sulfonamides is 1. The summed E-state index contributed by atoms with van der Waals surface area (Å²) in [5.74, 6) is -0.500. The van der Waals surface area contributed by atoms with Gasteiger partial charge in [0.2, 0.25) is 0 Å². The molecule has 0 heterocycles. The summed E-state index contributed by atoms with van der Waals surface area (Å²) in [4.78, 5) is 12.7. The van der Waals surface area contributed by atoms with Crippen LogP contribution in [0.2, 0.25) is 0 Å². The second kappa shape index (κ2) is 11.0. The summed E-state index contributed by atoms with van der Waals surface area (Å²) < 4.78 is 52.5. The Morgan fingerprint density at radius 2 is 1.66 bits per heavy atom. The van der Waals surface area contributed by atoms with Crippen molar-refractivity contribution in [1.29, 1.82) is 0 Å². The number of carbonyl (C=O) groups is 1. The van der Waals surface area contributed by atoms with Gasteiger partial charge in [-0.25, -0.2) is 18.2 Å². The molecule has 8 nitrogen and oxygen atoms in total. The lowest BCUT2D eigenvalue weighted by Crippen LogP contribution is -2.40. The zero-order valence-electron chi connectivity index (χ0n) is 19.8. The minimum Gasteiger partial charge on any atom is -0.493 e. The molecule has 0 aromatic heterocycles. The average molecular weight is 500 g/mol. The number of hydrazone groups is 1. The van der Waals surface area contributed by atoms with E-state index < -0.39 is 28.3 Å². The van der Waals surface area contributed by atoms with E-state index in [9.17, 15) is 17.6 Å². The Kier molecular flexibility index (Phi) is 8.08. The van der Waals surface area contributed by atoms with E-state index in [1.165, 1.54) is 44.6 Å². The number of carbonyl (C=O) groups excluding carboxylic acids is 1. The van der Waals surface area contributed by atoms with Gasteiger partial charge >= 0.3 is 0 Å². The first-order valence-electron chi connectivity index (χ1n) is 10.6. The molecule has 0 aliphatic rings. The Balaban J connectivity index is 1.87. The lowest BCUT2D eigenvalue weighted by molar-refractivity contribution is -0.119. The average Bonchev–Trinajstić information content (AvgIpc) is 2.86. The third-order valence-corrected chi connectivity index (χ3v) is 6.94. The van der Waals surface area contributed by atoms with E-state index in [2.05, 4.69) is 10.5 Å². The largest absolute Gasteiger partial charge is 0.493 e. The van der Waals surface area contributed by atoms with E-state index in [4.69, 9.17) is 9.47 Å². The number of hydrogen-bond donors (Lipinski definition) is 1. The van der Waals surface area contributed by atoms with Gasteiger partial charge in [-0.2, -0.15) is 5.10 Å². The molecule has 1 amide bonds. The van der Waals surface area contributed by atoms with Crippen LogP contribution in [0.15, 0.2) is 76.7 Å². The summed E-state index contributed by atoms with van der Waals surface area (Å²) in [6, 6.07) is 16.6. The van der Waals surface area contributed by atoms with Crippen LogP contribution in [-0.4, -0.2) is 40.8 Å². The summed E-state index contributed by atoms with van der Waals surface area (Å²) in [5, 5.41) is 4.07. The molecule has 0 radical (unpaired) electrons. The third kappa shape index (κ3) is 5.96. The highest BCUT2D eigenvalue weighted by Gasteiger charge is 2.29. The SMILES string of the molecule is COc1ccc(/C(C)=N\NC(=O)CN(c2ccccc2F)S(=O)(=O)c2ccc(C)cc2)cc1OC. The topological polar surface area (TPSA) is 97.3 Å². The summed E-state index contributed by atoms with van der Waals surface area (Å²) >= 11 is 0. The molecule has 0 spiro atoms. The van der Waals surface area contributed by atoms with E-state index in [1.807, 2.05) is 6.92 Å². The normalized spacial score (nSPS) is 11.6. The molecule has 0 bridgehead atoms. The number of halogens is 1. The van der Waals surface area contributed by atoms with Gasteiger partial charge in [0.25, 0.3) is 15.9 Å². The summed E-state index contributed by atoms with van der Waals surface area (Å²) in [6.45, 7) is 2.80. The Morgan fingerprint density at radius 1 is 1.00 bits per heavy atom. The predicted octanol–water partition coefficient (Wildman–Crippen LogP) is 3.89. The van der Waals surface area contributed by atoms with E-state index in [0.717, 1.165) is 15.9 Å². The van der Waals surface area contributed by atoms with Crippen LogP contribution in [-0.2, 0) is 14.8 Å². The molecular weight excluding hydrogens is 473 g/mol. The lowest BCUT2D eigenvalue weighted by Gasteiger charge is -2.24. The highest BCUT2D eigenvalue weighted by molar-refractivity contribution is 7.92. The van der Waals surface area contributed by atoms with Crippen molar-refractivity contribution in [2.24, 2.45) is 5.10 Å². The van der Waals surface area contributed by atoms with Gasteiger partial charge in [-0.1, -0.05) is 29.8 Å². The number of aryl methyl sites for hydroxylation is 1. The van der Waals surface area contributed by atoms with Crippen molar-refractivity contribution in [1.82, 2.24) is 5.43 Å². The summed E-state index contributed by atoms with van der Waals surface area (Å²) in [5.41, 5.74) is 4.06. The van der Waals surface area contributed by atoms with Crippen molar-refractivity contribution >= 4 is 27.3 Å². The molecule has 35 heavy (non-hydrogen) atoms. The molecule has 0 aliphatic carbocycles. The predicted molar refractivity (Wildman–Crippen MR) is 132 cm³/mol. The molecule has 3 aromatic rings. The molecule has 0 unspecified atom stereocenters. The van der Waals surface area contributed by atoms with Crippen LogP contribution in [0, 0.1) is 12.7 Å². The van der Waals surface area contributed by atoms with Crippen molar-refractivity contribution < 1.29 is 27.1 Å². The number of para-hydroxylation sites is 1. The quantitative estimate of drug-likeness (QED) is 0.356. The molecule has 0 aliphatic heterocycles. The fraction of sp³-hybridized carbons (Fsp3) is 0.200. The Labute approximate surface area is 204 Å². The molecule has 0 saturated carbocycles. The van der Waals surface area contributed by atoms with Crippen LogP contribution in [0.4, 0.5) is 10.1 Å².